The van der Waals surface area contributed by atoms with E-state index in [9.17, 15) is 9.18 Å². The van der Waals surface area contributed by atoms with E-state index in [4.69, 9.17) is 23.1 Å². The van der Waals surface area contributed by atoms with E-state index in [1.54, 1.807) is 0 Å². The van der Waals surface area contributed by atoms with Crippen molar-refractivity contribution in [3.05, 3.63) is 46.9 Å². The minimum atomic E-state index is -0.673. The second-order valence-electron chi connectivity index (χ2n) is 3.75. The van der Waals surface area contributed by atoms with Crippen LogP contribution in [-0.2, 0) is 0 Å². The van der Waals surface area contributed by atoms with Crippen molar-refractivity contribution in [1.82, 2.24) is 4.98 Å². The number of pyridine rings is 1. The Morgan fingerprint density at radius 3 is 2.68 bits per heavy atom. The molecule has 1 amide bonds. The molecule has 0 aliphatic heterocycles. The van der Waals surface area contributed by atoms with Crippen LogP contribution in [0.2, 0.25) is 5.02 Å². The quantitative estimate of drug-likeness (QED) is 0.804. The molecule has 19 heavy (non-hydrogen) atoms. The Labute approximate surface area is 113 Å². The Bertz CT molecular complexity index is 648. The van der Waals surface area contributed by atoms with Crippen LogP contribution >= 0.6 is 11.6 Å². The molecule has 0 spiro atoms. The summed E-state index contributed by atoms with van der Waals surface area (Å²) in [6, 6.07) is 6.73. The minimum absolute atomic E-state index is 0.0648. The Kier molecular flexibility index (Phi) is 3.52. The summed E-state index contributed by atoms with van der Waals surface area (Å²) in [5.74, 6) is -0.902. The third-order valence-electron chi connectivity index (χ3n) is 2.36. The van der Waals surface area contributed by atoms with Crippen molar-refractivity contribution in [2.75, 3.05) is 11.1 Å². The van der Waals surface area contributed by atoms with Gasteiger partial charge in [-0.15, -0.1) is 0 Å². The van der Waals surface area contributed by atoms with Crippen molar-refractivity contribution in [2.45, 2.75) is 0 Å². The monoisotopic (exact) mass is 280 g/mol. The molecule has 0 aliphatic rings. The highest BCUT2D eigenvalue weighted by Crippen LogP contribution is 2.27. The Balaban J connectivity index is 2.37. The average Bonchev–Trinajstić information content (AvgIpc) is 2.34. The van der Waals surface area contributed by atoms with Crippen molar-refractivity contribution in [3.63, 3.8) is 0 Å². The van der Waals surface area contributed by atoms with E-state index in [2.05, 4.69) is 10.3 Å². The highest BCUT2D eigenvalue weighted by Gasteiger charge is 2.09. The number of hydrogen-bond acceptors (Lipinski definition) is 4. The van der Waals surface area contributed by atoms with Crippen molar-refractivity contribution >= 4 is 34.7 Å². The fourth-order valence-corrected chi connectivity index (χ4v) is 1.64. The van der Waals surface area contributed by atoms with Crippen LogP contribution in [0.25, 0.3) is 0 Å². The van der Waals surface area contributed by atoms with Gasteiger partial charge in [0.1, 0.15) is 11.5 Å². The van der Waals surface area contributed by atoms with Gasteiger partial charge >= 0.3 is 0 Å². The van der Waals surface area contributed by atoms with Gasteiger partial charge in [0.25, 0.3) is 5.91 Å². The Morgan fingerprint density at radius 1 is 1.32 bits per heavy atom. The molecule has 0 saturated heterocycles. The first kappa shape index (κ1) is 13.1. The van der Waals surface area contributed by atoms with Gasteiger partial charge < -0.3 is 16.8 Å². The summed E-state index contributed by atoms with van der Waals surface area (Å²) in [6.45, 7) is 0. The van der Waals surface area contributed by atoms with Crippen LogP contribution in [-0.4, -0.2) is 10.9 Å². The molecular formula is C12H10ClFN4O. The van der Waals surface area contributed by atoms with Crippen molar-refractivity contribution < 1.29 is 9.18 Å². The normalized spacial score (nSPS) is 10.2. The molecule has 0 unspecified atom stereocenters. The zero-order valence-electron chi connectivity index (χ0n) is 9.65. The number of nitrogen functional groups attached to an aromatic ring is 1. The number of benzene rings is 1. The van der Waals surface area contributed by atoms with E-state index in [1.807, 2.05) is 0 Å². The lowest BCUT2D eigenvalue weighted by Crippen LogP contribution is -2.14. The first-order valence-electron chi connectivity index (χ1n) is 5.26. The SMILES string of the molecule is NC(=O)c1ccc(N)c(Nc2ccc(F)cc2Cl)n1. The number of hydrogen-bond donors (Lipinski definition) is 3. The maximum Gasteiger partial charge on any atom is 0.267 e. The van der Waals surface area contributed by atoms with Crippen LogP contribution in [0.5, 0.6) is 0 Å². The lowest BCUT2D eigenvalue weighted by Gasteiger charge is -2.10. The van der Waals surface area contributed by atoms with Crippen LogP contribution in [0.4, 0.5) is 21.6 Å². The second-order valence-corrected chi connectivity index (χ2v) is 4.15. The van der Waals surface area contributed by atoms with E-state index in [1.165, 1.54) is 24.3 Å². The van der Waals surface area contributed by atoms with Crippen molar-refractivity contribution in [3.8, 4) is 0 Å². The topological polar surface area (TPSA) is 94.0 Å². The summed E-state index contributed by atoms with van der Waals surface area (Å²) < 4.78 is 12.9. The van der Waals surface area contributed by atoms with Crippen LogP contribution in [0.15, 0.2) is 30.3 Å². The van der Waals surface area contributed by atoms with Crippen LogP contribution < -0.4 is 16.8 Å². The minimum Gasteiger partial charge on any atom is -0.396 e. The van der Waals surface area contributed by atoms with E-state index >= 15 is 0 Å². The number of primary amides is 1. The van der Waals surface area contributed by atoms with Gasteiger partial charge in [-0.3, -0.25) is 4.79 Å². The lowest BCUT2D eigenvalue weighted by atomic mass is 10.2. The van der Waals surface area contributed by atoms with Gasteiger partial charge in [-0.05, 0) is 30.3 Å². The zero-order chi connectivity index (χ0) is 14.0. The number of carbonyl (C=O) groups excluding carboxylic acids is 1. The molecule has 0 bridgehead atoms. The van der Waals surface area contributed by atoms with Gasteiger partial charge in [-0.2, -0.15) is 0 Å². The van der Waals surface area contributed by atoms with Crippen LogP contribution in [0.3, 0.4) is 0 Å². The molecule has 1 aromatic heterocycles. The molecule has 2 rings (SSSR count). The number of carbonyl (C=O) groups is 1. The summed E-state index contributed by atoms with van der Waals surface area (Å²) in [7, 11) is 0. The fraction of sp³-hybridized carbons (Fsp3) is 0. The molecule has 0 fully saturated rings. The zero-order valence-corrected chi connectivity index (χ0v) is 10.4. The predicted molar refractivity (Wildman–Crippen MR) is 71.9 cm³/mol. The summed E-state index contributed by atoms with van der Waals surface area (Å²) >= 11 is 5.87. The molecule has 0 atom stereocenters. The molecule has 5 nitrogen and oxygen atoms in total. The first-order valence-corrected chi connectivity index (χ1v) is 5.63. The standard InChI is InChI=1S/C12H10ClFN4O/c13-7-5-6(14)1-3-9(7)17-12-8(15)2-4-10(18-12)11(16)19/h1-5H,15H2,(H2,16,19)(H,17,18). The van der Waals surface area contributed by atoms with Gasteiger partial charge in [0.15, 0.2) is 5.82 Å². The Hall–Kier alpha value is -2.34. The number of aromatic nitrogens is 1. The number of rotatable bonds is 3. The van der Waals surface area contributed by atoms with Crippen molar-refractivity contribution in [1.29, 1.82) is 0 Å². The number of nitrogens with two attached hydrogens (primary N) is 2. The molecule has 0 radical (unpaired) electrons. The van der Waals surface area contributed by atoms with E-state index in [-0.39, 0.29) is 16.5 Å². The summed E-state index contributed by atoms with van der Waals surface area (Å²) in [4.78, 5) is 15.0. The molecule has 98 valence electrons. The number of halogens is 2. The highest BCUT2D eigenvalue weighted by atomic mass is 35.5. The van der Waals surface area contributed by atoms with Gasteiger partial charge in [-0.1, -0.05) is 11.6 Å². The van der Waals surface area contributed by atoms with Gasteiger partial charge in [0.05, 0.1) is 16.4 Å². The predicted octanol–water partition coefficient (Wildman–Crippen LogP) is 2.30. The fourth-order valence-electron chi connectivity index (χ4n) is 1.43. The molecule has 1 aromatic carbocycles. The molecule has 7 heteroatoms. The van der Waals surface area contributed by atoms with Crippen molar-refractivity contribution in [2.24, 2.45) is 5.73 Å². The molecule has 0 aliphatic carbocycles. The smallest absolute Gasteiger partial charge is 0.267 e. The average molecular weight is 281 g/mol. The molecule has 0 saturated carbocycles. The lowest BCUT2D eigenvalue weighted by molar-refractivity contribution is 0.0996. The summed E-state index contributed by atoms with van der Waals surface area (Å²) in [6.07, 6.45) is 0. The Morgan fingerprint density at radius 2 is 2.05 bits per heavy atom. The molecule has 5 N–H and O–H groups in total. The number of anilines is 3. The van der Waals surface area contributed by atoms with Gasteiger partial charge in [0.2, 0.25) is 0 Å². The third-order valence-corrected chi connectivity index (χ3v) is 2.68. The maximum absolute atomic E-state index is 12.9. The maximum atomic E-state index is 12.9. The van der Waals surface area contributed by atoms with Crippen LogP contribution in [0, 0.1) is 5.82 Å². The third kappa shape index (κ3) is 2.92. The van der Waals surface area contributed by atoms with Gasteiger partial charge in [-0.25, -0.2) is 9.37 Å². The summed E-state index contributed by atoms with van der Waals surface area (Å²) in [5.41, 5.74) is 11.6. The summed E-state index contributed by atoms with van der Waals surface area (Å²) in [5, 5.41) is 2.99. The van der Waals surface area contributed by atoms with E-state index in [0.717, 1.165) is 6.07 Å². The molecule has 2 aromatic rings. The highest BCUT2D eigenvalue weighted by molar-refractivity contribution is 6.33. The number of nitrogens with zero attached hydrogens (tertiary/aromatic N) is 1. The van der Waals surface area contributed by atoms with E-state index < -0.39 is 11.7 Å². The number of nitrogens with one attached hydrogen (secondary N) is 1. The first-order chi connectivity index (χ1) is 8.97. The van der Waals surface area contributed by atoms with Gasteiger partial charge in [0, 0.05) is 0 Å². The second kappa shape index (κ2) is 5.11. The van der Waals surface area contributed by atoms with E-state index in [0.29, 0.717) is 11.4 Å². The molecular weight excluding hydrogens is 271 g/mol. The molecule has 1 heterocycles. The van der Waals surface area contributed by atoms with Crippen LogP contribution in [0.1, 0.15) is 10.5 Å². The number of amides is 1. The largest absolute Gasteiger partial charge is 0.396 e.